The Kier molecular flexibility index (Phi) is 10.3. The van der Waals surface area contributed by atoms with Crippen molar-refractivity contribution in [1.82, 2.24) is 0 Å². The van der Waals surface area contributed by atoms with Crippen LogP contribution in [0.5, 0.6) is 5.75 Å². The second-order valence-electron chi connectivity index (χ2n) is 2.11. The van der Waals surface area contributed by atoms with Crippen LogP contribution in [0.4, 0.5) is 4.39 Å². The molecule has 0 aliphatic heterocycles. The van der Waals surface area contributed by atoms with Gasteiger partial charge in [0.2, 0.25) is 0 Å². The highest BCUT2D eigenvalue weighted by atomic mass is 19.1. The molecule has 78 valence electrons. The lowest BCUT2D eigenvalue weighted by atomic mass is 10.2. The molecule has 1 aromatic carbocycles. The molecule has 0 unspecified atom stereocenters. The van der Waals surface area contributed by atoms with Crippen molar-refractivity contribution < 1.29 is 9.13 Å². The average molecular weight is 196 g/mol. The minimum Gasteiger partial charge on any atom is -0.496 e. The zero-order valence-corrected chi connectivity index (χ0v) is 9.17. The molecule has 2 heteroatoms. The van der Waals surface area contributed by atoms with Gasteiger partial charge in [-0.2, -0.15) is 0 Å². The van der Waals surface area contributed by atoms with E-state index in [0.29, 0.717) is 0 Å². The van der Waals surface area contributed by atoms with Crippen molar-refractivity contribution in [3.05, 3.63) is 29.6 Å². The highest BCUT2D eigenvalue weighted by Gasteiger charge is 1.96. The van der Waals surface area contributed by atoms with Crippen molar-refractivity contribution in [2.45, 2.75) is 20.8 Å². The maximum Gasteiger partial charge on any atom is 0.123 e. The Hall–Kier alpha value is -1.49. The van der Waals surface area contributed by atoms with Gasteiger partial charge < -0.3 is 4.74 Å². The fourth-order valence-electron chi connectivity index (χ4n) is 0.842. The second-order valence-corrected chi connectivity index (χ2v) is 2.11. The van der Waals surface area contributed by atoms with E-state index in [2.05, 4.69) is 12.8 Å². The van der Waals surface area contributed by atoms with Gasteiger partial charge in [0.05, 0.1) is 7.11 Å². The van der Waals surface area contributed by atoms with Crippen molar-refractivity contribution in [3.63, 3.8) is 0 Å². The van der Waals surface area contributed by atoms with E-state index in [4.69, 9.17) is 4.74 Å². The molecule has 0 aliphatic rings. The van der Waals surface area contributed by atoms with Crippen molar-refractivity contribution in [3.8, 4) is 18.6 Å². The van der Waals surface area contributed by atoms with Gasteiger partial charge in [0.15, 0.2) is 0 Å². The molecule has 0 radical (unpaired) electrons. The Labute approximate surface area is 85.9 Å². The summed E-state index contributed by atoms with van der Waals surface area (Å²) < 4.78 is 17.4. The molecule has 14 heavy (non-hydrogen) atoms. The molecule has 0 spiro atoms. The molecule has 1 aromatic rings. The second kappa shape index (κ2) is 9.60. The number of benzene rings is 1. The van der Waals surface area contributed by atoms with Gasteiger partial charge in [0.1, 0.15) is 11.6 Å². The number of terminal acetylenes is 1. The van der Waals surface area contributed by atoms with E-state index >= 15 is 0 Å². The van der Waals surface area contributed by atoms with Gasteiger partial charge in [0, 0.05) is 0 Å². The maximum absolute atomic E-state index is 12.4. The van der Waals surface area contributed by atoms with Crippen LogP contribution in [0.3, 0.4) is 0 Å². The Morgan fingerprint density at radius 2 is 1.71 bits per heavy atom. The van der Waals surface area contributed by atoms with E-state index < -0.39 is 0 Å². The van der Waals surface area contributed by atoms with E-state index in [0.717, 1.165) is 11.3 Å². The van der Waals surface area contributed by atoms with Gasteiger partial charge in [-0.1, -0.05) is 13.8 Å². The number of methoxy groups -OCH3 is 1. The van der Waals surface area contributed by atoms with E-state index in [1.807, 2.05) is 20.8 Å². The molecule has 0 saturated heterocycles. The zero-order valence-electron chi connectivity index (χ0n) is 9.17. The molecule has 0 fully saturated rings. The molecule has 0 N–H and O–H groups in total. The third kappa shape index (κ3) is 5.21. The predicted molar refractivity (Wildman–Crippen MR) is 58.9 cm³/mol. The first kappa shape index (κ1) is 15.0. The normalized spacial score (nSPS) is 7.36. The fraction of sp³-hybridized carbons (Fsp3) is 0.333. The zero-order chi connectivity index (χ0) is 11.6. The molecule has 0 heterocycles. The number of ether oxygens (including phenoxy) is 1. The number of rotatable bonds is 1. The summed E-state index contributed by atoms with van der Waals surface area (Å²) in [5, 5.41) is 0. The predicted octanol–water partition coefficient (Wildman–Crippen LogP) is 3.42. The number of hydrogen-bond donors (Lipinski definition) is 0. The van der Waals surface area contributed by atoms with Gasteiger partial charge in [-0.3, -0.25) is 0 Å². The van der Waals surface area contributed by atoms with Crippen LogP contribution in [0.25, 0.3) is 0 Å². The Morgan fingerprint density at radius 1 is 1.21 bits per heavy atom. The lowest BCUT2D eigenvalue weighted by Crippen LogP contribution is -1.86. The highest BCUT2D eigenvalue weighted by molar-refractivity contribution is 5.32. The monoisotopic (exact) mass is 196 g/mol. The third-order valence-corrected chi connectivity index (χ3v) is 1.36. The van der Waals surface area contributed by atoms with Crippen molar-refractivity contribution in [2.75, 3.05) is 7.11 Å². The van der Waals surface area contributed by atoms with Crippen molar-refractivity contribution >= 4 is 0 Å². The summed E-state index contributed by atoms with van der Waals surface area (Å²) in [6.07, 6.45) is 8.00. The Balaban J connectivity index is 0. The Morgan fingerprint density at radius 3 is 2.07 bits per heavy atom. The van der Waals surface area contributed by atoms with Crippen LogP contribution in [-0.2, 0) is 0 Å². The van der Waals surface area contributed by atoms with Crippen molar-refractivity contribution in [2.24, 2.45) is 0 Å². The van der Waals surface area contributed by atoms with Crippen LogP contribution < -0.4 is 4.74 Å². The molecular weight excluding hydrogens is 179 g/mol. The summed E-state index contributed by atoms with van der Waals surface area (Å²) in [6.45, 7) is 5.81. The van der Waals surface area contributed by atoms with Crippen LogP contribution in [-0.4, -0.2) is 7.11 Å². The van der Waals surface area contributed by atoms with E-state index in [1.165, 1.54) is 12.1 Å². The standard InChI is InChI=1S/C8H9FO.C2H6.C2H2/c1-6-5-7(9)3-4-8(6)10-2;2*1-2/h3-5H,1-2H3;1-2H3;1-2H. The highest BCUT2D eigenvalue weighted by Crippen LogP contribution is 2.16. The number of aryl methyl sites for hydroxylation is 1. The molecule has 0 saturated carbocycles. The van der Waals surface area contributed by atoms with Crippen LogP contribution in [0, 0.1) is 25.6 Å². The van der Waals surface area contributed by atoms with Crippen LogP contribution in [0.15, 0.2) is 18.2 Å². The summed E-state index contributed by atoms with van der Waals surface area (Å²) >= 11 is 0. The molecule has 1 nitrogen and oxygen atoms in total. The first-order valence-electron chi connectivity index (χ1n) is 4.37. The first-order valence-corrected chi connectivity index (χ1v) is 4.37. The van der Waals surface area contributed by atoms with Gasteiger partial charge in [0.25, 0.3) is 0 Å². The van der Waals surface area contributed by atoms with E-state index in [1.54, 1.807) is 13.2 Å². The summed E-state index contributed by atoms with van der Waals surface area (Å²) in [5.41, 5.74) is 0.822. The molecule has 0 amide bonds. The minimum atomic E-state index is -0.224. The quantitative estimate of drug-likeness (QED) is 0.625. The van der Waals surface area contributed by atoms with Gasteiger partial charge in [-0.15, -0.1) is 12.8 Å². The van der Waals surface area contributed by atoms with E-state index in [9.17, 15) is 4.39 Å². The maximum atomic E-state index is 12.4. The molecular formula is C12H17FO. The van der Waals surface area contributed by atoms with E-state index in [-0.39, 0.29) is 5.82 Å². The van der Waals surface area contributed by atoms with Gasteiger partial charge in [-0.25, -0.2) is 4.39 Å². The molecule has 0 bridgehead atoms. The summed E-state index contributed by atoms with van der Waals surface area (Å²) in [6, 6.07) is 4.44. The smallest absolute Gasteiger partial charge is 0.123 e. The molecule has 0 aromatic heterocycles. The topological polar surface area (TPSA) is 9.23 Å². The van der Waals surface area contributed by atoms with Gasteiger partial charge in [-0.05, 0) is 30.7 Å². The van der Waals surface area contributed by atoms with Crippen molar-refractivity contribution in [1.29, 1.82) is 0 Å². The fourth-order valence-corrected chi connectivity index (χ4v) is 0.842. The van der Waals surface area contributed by atoms with Crippen LogP contribution in [0.2, 0.25) is 0 Å². The SMILES string of the molecule is C#C.CC.COc1ccc(F)cc1C. The first-order chi connectivity index (χ1) is 6.74. The molecule has 0 aliphatic carbocycles. The summed E-state index contributed by atoms with van der Waals surface area (Å²) in [5.74, 6) is 0.500. The number of halogens is 1. The Bertz CT molecular complexity index is 266. The van der Waals surface area contributed by atoms with Crippen LogP contribution in [0.1, 0.15) is 19.4 Å². The van der Waals surface area contributed by atoms with Crippen LogP contribution >= 0.6 is 0 Å². The third-order valence-electron chi connectivity index (χ3n) is 1.36. The number of hydrogen-bond acceptors (Lipinski definition) is 1. The summed E-state index contributed by atoms with van der Waals surface area (Å²) in [7, 11) is 1.57. The minimum absolute atomic E-state index is 0.224. The molecule has 0 atom stereocenters. The average Bonchev–Trinajstić information content (AvgIpc) is 2.24. The molecule has 1 rings (SSSR count). The van der Waals surface area contributed by atoms with Gasteiger partial charge >= 0.3 is 0 Å². The summed E-state index contributed by atoms with van der Waals surface area (Å²) in [4.78, 5) is 0. The largest absolute Gasteiger partial charge is 0.496 e. The lowest BCUT2D eigenvalue weighted by Gasteiger charge is -2.01. The lowest BCUT2D eigenvalue weighted by molar-refractivity contribution is 0.410.